The number of hydrogen-bond acceptors (Lipinski definition) is 3. The molecule has 0 bridgehead atoms. The van der Waals surface area contributed by atoms with Crippen LogP contribution in [0.1, 0.15) is 19.4 Å². The van der Waals surface area contributed by atoms with Crippen molar-refractivity contribution in [3.05, 3.63) is 65.7 Å². The first-order valence-corrected chi connectivity index (χ1v) is 8.60. The van der Waals surface area contributed by atoms with Crippen molar-refractivity contribution in [2.24, 2.45) is 0 Å². The van der Waals surface area contributed by atoms with E-state index in [-0.39, 0.29) is 24.9 Å². The van der Waals surface area contributed by atoms with Crippen molar-refractivity contribution in [1.29, 1.82) is 0 Å². The lowest BCUT2D eigenvalue weighted by molar-refractivity contribution is -0.142. The number of benzene rings is 2. The predicted molar refractivity (Wildman–Crippen MR) is 97.0 cm³/mol. The summed E-state index contributed by atoms with van der Waals surface area (Å²) in [5.41, 5.74) is 0.683. The largest absolute Gasteiger partial charge is 0.484 e. The van der Waals surface area contributed by atoms with Crippen LogP contribution in [0.3, 0.4) is 0 Å². The molecule has 0 aliphatic heterocycles. The molecule has 2 rings (SSSR count). The summed E-state index contributed by atoms with van der Waals surface area (Å²) in [7, 11) is 0. The number of hydrogen-bond donors (Lipinski definition) is 1. The van der Waals surface area contributed by atoms with Gasteiger partial charge >= 0.3 is 0 Å². The minimum absolute atomic E-state index is 0.129. The maximum absolute atomic E-state index is 13.1. The van der Waals surface area contributed by atoms with E-state index in [1.165, 1.54) is 41.3 Å². The molecule has 5 nitrogen and oxygen atoms in total. The number of carbonyl (C=O) groups is 2. The fourth-order valence-electron chi connectivity index (χ4n) is 2.45. The van der Waals surface area contributed by atoms with Crippen molar-refractivity contribution >= 4 is 11.8 Å². The van der Waals surface area contributed by atoms with E-state index in [9.17, 15) is 18.4 Å². The molecule has 7 heteroatoms. The quantitative estimate of drug-likeness (QED) is 0.771. The van der Waals surface area contributed by atoms with Gasteiger partial charge in [0.05, 0.1) is 0 Å². The summed E-state index contributed by atoms with van der Waals surface area (Å²) in [4.78, 5) is 26.2. The van der Waals surface area contributed by atoms with Gasteiger partial charge in [0.15, 0.2) is 6.61 Å². The number of nitrogens with one attached hydrogen (secondary N) is 1. The zero-order valence-corrected chi connectivity index (χ0v) is 15.2. The van der Waals surface area contributed by atoms with Gasteiger partial charge in [0.1, 0.15) is 23.4 Å². The Hall–Kier alpha value is -2.96. The van der Waals surface area contributed by atoms with Crippen LogP contribution in [0.2, 0.25) is 0 Å². The van der Waals surface area contributed by atoms with Crippen LogP contribution in [0.5, 0.6) is 5.75 Å². The summed E-state index contributed by atoms with van der Waals surface area (Å²) >= 11 is 0. The van der Waals surface area contributed by atoms with Crippen LogP contribution in [-0.2, 0) is 16.1 Å². The highest BCUT2D eigenvalue weighted by molar-refractivity contribution is 5.87. The number of ether oxygens (including phenoxy) is 1. The van der Waals surface area contributed by atoms with Gasteiger partial charge in [-0.3, -0.25) is 9.59 Å². The minimum atomic E-state index is -0.737. The van der Waals surface area contributed by atoms with Crippen LogP contribution in [0.25, 0.3) is 0 Å². The first-order chi connectivity index (χ1) is 12.9. The summed E-state index contributed by atoms with van der Waals surface area (Å²) < 4.78 is 31.5. The number of nitrogens with zero attached hydrogens (tertiary/aromatic N) is 1. The Morgan fingerprint density at radius 3 is 2.15 bits per heavy atom. The topological polar surface area (TPSA) is 58.6 Å². The molecular formula is C20H22F2N2O3. The molecule has 27 heavy (non-hydrogen) atoms. The zero-order chi connectivity index (χ0) is 19.8. The second-order valence-corrected chi connectivity index (χ2v) is 5.96. The van der Waals surface area contributed by atoms with Crippen LogP contribution in [0.4, 0.5) is 8.78 Å². The monoisotopic (exact) mass is 376 g/mol. The van der Waals surface area contributed by atoms with Gasteiger partial charge in [-0.1, -0.05) is 12.1 Å². The smallest absolute Gasteiger partial charge is 0.261 e. The number of rotatable bonds is 8. The van der Waals surface area contributed by atoms with Gasteiger partial charge in [-0.15, -0.1) is 0 Å². The van der Waals surface area contributed by atoms with Gasteiger partial charge < -0.3 is 15.0 Å². The van der Waals surface area contributed by atoms with E-state index < -0.39 is 17.8 Å². The minimum Gasteiger partial charge on any atom is -0.484 e. The molecule has 0 aliphatic carbocycles. The SMILES string of the molecule is CCNC(=O)C(C)N(Cc1ccc(F)cc1)C(=O)COc1ccc(F)cc1. The Kier molecular flexibility index (Phi) is 7.28. The van der Waals surface area contributed by atoms with E-state index in [1.807, 2.05) is 0 Å². The van der Waals surface area contributed by atoms with Crippen molar-refractivity contribution in [3.8, 4) is 5.75 Å². The molecule has 0 aliphatic rings. The third-order valence-corrected chi connectivity index (χ3v) is 3.96. The van der Waals surface area contributed by atoms with Crippen LogP contribution >= 0.6 is 0 Å². The van der Waals surface area contributed by atoms with Crippen LogP contribution in [0.15, 0.2) is 48.5 Å². The highest BCUT2D eigenvalue weighted by Gasteiger charge is 2.26. The second-order valence-electron chi connectivity index (χ2n) is 5.96. The maximum atomic E-state index is 13.1. The lowest BCUT2D eigenvalue weighted by atomic mass is 10.1. The summed E-state index contributed by atoms with van der Waals surface area (Å²) in [5.74, 6) is -1.15. The van der Waals surface area contributed by atoms with Gasteiger partial charge in [0.2, 0.25) is 5.91 Å². The molecule has 0 radical (unpaired) electrons. The fourth-order valence-corrected chi connectivity index (χ4v) is 2.45. The molecule has 1 N–H and O–H groups in total. The number of carbonyl (C=O) groups excluding carboxylic acids is 2. The number of halogens is 2. The van der Waals surface area contributed by atoms with E-state index in [1.54, 1.807) is 26.0 Å². The summed E-state index contributed by atoms with van der Waals surface area (Å²) in [5, 5.41) is 2.68. The molecule has 0 heterocycles. The summed E-state index contributed by atoms with van der Waals surface area (Å²) in [6.45, 7) is 3.66. The Labute approximate surface area is 156 Å². The highest BCUT2D eigenvalue weighted by Crippen LogP contribution is 2.14. The summed E-state index contributed by atoms with van der Waals surface area (Å²) in [6.07, 6.45) is 0. The molecule has 2 aromatic carbocycles. The van der Waals surface area contributed by atoms with Crippen molar-refractivity contribution in [2.45, 2.75) is 26.4 Å². The average Bonchev–Trinajstić information content (AvgIpc) is 2.66. The lowest BCUT2D eigenvalue weighted by Gasteiger charge is -2.28. The van der Waals surface area contributed by atoms with Crippen LogP contribution < -0.4 is 10.1 Å². The van der Waals surface area contributed by atoms with Gasteiger partial charge in [-0.05, 0) is 55.8 Å². The van der Waals surface area contributed by atoms with Crippen molar-refractivity contribution in [2.75, 3.05) is 13.2 Å². The normalized spacial score (nSPS) is 11.6. The van der Waals surface area contributed by atoms with Crippen molar-refractivity contribution in [1.82, 2.24) is 10.2 Å². The summed E-state index contributed by atoms with van der Waals surface area (Å²) in [6, 6.07) is 10.3. The molecule has 0 fully saturated rings. The fraction of sp³-hybridized carbons (Fsp3) is 0.300. The standard InChI is InChI=1S/C20H22F2N2O3/c1-3-23-20(26)14(2)24(12-15-4-6-16(21)7-5-15)19(25)13-27-18-10-8-17(22)9-11-18/h4-11,14H,3,12-13H2,1-2H3,(H,23,26). The maximum Gasteiger partial charge on any atom is 0.261 e. The van der Waals surface area contributed by atoms with Crippen LogP contribution in [0, 0.1) is 11.6 Å². The Bertz CT molecular complexity index is 764. The molecule has 2 aromatic rings. The third-order valence-electron chi connectivity index (χ3n) is 3.96. The van der Waals surface area contributed by atoms with E-state index in [2.05, 4.69) is 5.32 Å². The van der Waals surface area contributed by atoms with E-state index in [0.29, 0.717) is 17.9 Å². The van der Waals surface area contributed by atoms with Gasteiger partial charge in [0.25, 0.3) is 5.91 Å². The lowest BCUT2D eigenvalue weighted by Crippen LogP contribution is -2.49. The number of amides is 2. The molecule has 0 saturated carbocycles. The Morgan fingerprint density at radius 2 is 1.59 bits per heavy atom. The van der Waals surface area contributed by atoms with Crippen molar-refractivity contribution in [3.63, 3.8) is 0 Å². The first-order valence-electron chi connectivity index (χ1n) is 8.60. The first kappa shape index (κ1) is 20.4. The molecule has 0 aromatic heterocycles. The van der Waals surface area contributed by atoms with E-state index in [0.717, 1.165) is 0 Å². The average molecular weight is 376 g/mol. The Morgan fingerprint density at radius 1 is 1.04 bits per heavy atom. The van der Waals surface area contributed by atoms with Gasteiger partial charge in [-0.25, -0.2) is 8.78 Å². The molecule has 144 valence electrons. The zero-order valence-electron chi connectivity index (χ0n) is 15.2. The molecular weight excluding hydrogens is 354 g/mol. The van der Waals surface area contributed by atoms with E-state index >= 15 is 0 Å². The molecule has 0 saturated heterocycles. The molecule has 2 amide bonds. The predicted octanol–water partition coefficient (Wildman–Crippen LogP) is 2.90. The van der Waals surface area contributed by atoms with Gasteiger partial charge in [0, 0.05) is 13.1 Å². The molecule has 0 spiro atoms. The van der Waals surface area contributed by atoms with Crippen LogP contribution in [-0.4, -0.2) is 35.9 Å². The highest BCUT2D eigenvalue weighted by atomic mass is 19.1. The Balaban J connectivity index is 2.11. The number of likely N-dealkylation sites (N-methyl/N-ethyl adjacent to an activating group) is 1. The third kappa shape index (κ3) is 6.06. The molecule has 1 atom stereocenters. The van der Waals surface area contributed by atoms with E-state index in [4.69, 9.17) is 4.74 Å². The second kappa shape index (κ2) is 9.66. The molecule has 1 unspecified atom stereocenters. The van der Waals surface area contributed by atoms with Crippen molar-refractivity contribution < 1.29 is 23.1 Å². The van der Waals surface area contributed by atoms with Gasteiger partial charge in [-0.2, -0.15) is 0 Å².